The third-order valence-electron chi connectivity index (χ3n) is 5.42. The summed E-state index contributed by atoms with van der Waals surface area (Å²) in [6.07, 6.45) is 6.76. The molecule has 1 atom stereocenters. The van der Waals surface area contributed by atoms with E-state index in [-0.39, 0.29) is 17.2 Å². The van der Waals surface area contributed by atoms with E-state index in [2.05, 4.69) is 20.3 Å². The van der Waals surface area contributed by atoms with Crippen molar-refractivity contribution in [1.82, 2.24) is 15.0 Å². The third-order valence-corrected chi connectivity index (χ3v) is 6.91. The molecule has 1 aliphatic rings. The first-order valence-corrected chi connectivity index (χ1v) is 12.4. The van der Waals surface area contributed by atoms with Crippen molar-refractivity contribution in [3.63, 3.8) is 0 Å². The monoisotopic (exact) mass is 463 g/mol. The Morgan fingerprint density at radius 3 is 2.30 bits per heavy atom. The standard InChI is InChI=1S/C25H27N4O3S/c30-25(27-17-12-19-6-7-19)24(18-20-4-2-1-3-5-20)29-33(31,32)23-10-8-21(9-11-23)28-22-13-15-26-16-14-22/h1-5,8-11,13-17,19,24,29H,6-7,12,18H2,(H,26,28)(H,27,30)/t24-/m0/s1. The van der Waals surface area contributed by atoms with Crippen molar-refractivity contribution in [1.29, 1.82) is 0 Å². The lowest BCUT2D eigenvalue weighted by atomic mass is 10.1. The van der Waals surface area contributed by atoms with Crippen LogP contribution in [0.1, 0.15) is 24.8 Å². The number of amides is 1. The van der Waals surface area contributed by atoms with Gasteiger partial charge < -0.3 is 10.6 Å². The normalized spacial score (nSPS) is 14.4. The molecule has 1 amide bonds. The summed E-state index contributed by atoms with van der Waals surface area (Å²) in [4.78, 5) is 16.9. The smallest absolute Gasteiger partial charge is 0.241 e. The van der Waals surface area contributed by atoms with Crippen LogP contribution in [0.4, 0.5) is 11.4 Å². The Bertz CT molecular complexity index is 1150. The number of nitrogens with zero attached hydrogens (tertiary/aromatic N) is 1. The van der Waals surface area contributed by atoms with Crippen LogP contribution in [-0.4, -0.2) is 25.4 Å². The highest BCUT2D eigenvalue weighted by Crippen LogP contribution is 2.32. The number of benzene rings is 2. The van der Waals surface area contributed by atoms with Gasteiger partial charge in [0.25, 0.3) is 0 Å². The van der Waals surface area contributed by atoms with Gasteiger partial charge in [-0.15, -0.1) is 0 Å². The van der Waals surface area contributed by atoms with E-state index in [1.807, 2.05) is 42.5 Å². The molecule has 4 rings (SSSR count). The molecule has 3 N–H and O–H groups in total. The minimum Gasteiger partial charge on any atom is -0.355 e. The molecule has 8 heteroatoms. The van der Waals surface area contributed by atoms with Gasteiger partial charge in [0.1, 0.15) is 6.04 Å². The molecule has 0 saturated heterocycles. The van der Waals surface area contributed by atoms with Crippen LogP contribution in [-0.2, 0) is 21.2 Å². The van der Waals surface area contributed by atoms with Crippen molar-refractivity contribution < 1.29 is 13.2 Å². The van der Waals surface area contributed by atoms with E-state index in [1.54, 1.807) is 31.1 Å². The number of carbonyl (C=O) groups excluding carboxylic acids is 1. The number of hydrogen-bond donors (Lipinski definition) is 3. The molecule has 1 saturated carbocycles. The third kappa shape index (κ3) is 6.87. The summed E-state index contributed by atoms with van der Waals surface area (Å²) in [5.41, 5.74) is 2.47. The molecule has 0 aliphatic heterocycles. The number of carbonyl (C=O) groups is 1. The van der Waals surface area contributed by atoms with Crippen molar-refractivity contribution >= 4 is 27.3 Å². The van der Waals surface area contributed by atoms with Crippen LogP contribution in [0, 0.1) is 12.5 Å². The van der Waals surface area contributed by atoms with E-state index in [0.717, 1.165) is 23.4 Å². The second-order valence-corrected chi connectivity index (χ2v) is 9.85. The summed E-state index contributed by atoms with van der Waals surface area (Å²) < 4.78 is 28.7. The van der Waals surface area contributed by atoms with Crippen molar-refractivity contribution in [2.24, 2.45) is 5.92 Å². The van der Waals surface area contributed by atoms with Gasteiger partial charge in [-0.1, -0.05) is 43.2 Å². The zero-order chi connectivity index (χ0) is 23.1. The maximum atomic E-state index is 13.1. The number of rotatable bonds is 11. The van der Waals surface area contributed by atoms with E-state index < -0.39 is 16.1 Å². The Hall–Kier alpha value is -3.23. The number of anilines is 2. The fourth-order valence-corrected chi connectivity index (χ4v) is 4.59. The van der Waals surface area contributed by atoms with Gasteiger partial charge in [-0.3, -0.25) is 9.78 Å². The van der Waals surface area contributed by atoms with Crippen molar-refractivity contribution in [3.05, 3.63) is 91.2 Å². The predicted octanol–water partition coefficient (Wildman–Crippen LogP) is 3.79. The average Bonchev–Trinajstić information content (AvgIpc) is 3.65. The molecule has 1 fully saturated rings. The van der Waals surface area contributed by atoms with E-state index in [0.29, 0.717) is 5.92 Å². The van der Waals surface area contributed by atoms with E-state index >= 15 is 0 Å². The molecular weight excluding hydrogens is 436 g/mol. The molecule has 171 valence electrons. The fourth-order valence-electron chi connectivity index (χ4n) is 3.39. The highest BCUT2D eigenvalue weighted by molar-refractivity contribution is 7.89. The van der Waals surface area contributed by atoms with Crippen LogP contribution < -0.4 is 15.4 Å². The lowest BCUT2D eigenvalue weighted by Gasteiger charge is -2.19. The SMILES string of the molecule is O=C(N[CH]CC1CC1)[C@H](Cc1ccccc1)NS(=O)(=O)c1ccc(Nc2ccncc2)cc1. The maximum Gasteiger partial charge on any atom is 0.241 e. The molecular formula is C25H27N4O3S. The van der Waals surface area contributed by atoms with Gasteiger partial charge in [-0.05, 0) is 60.7 Å². The second kappa shape index (κ2) is 10.6. The molecule has 0 spiro atoms. The van der Waals surface area contributed by atoms with Crippen LogP contribution in [0.15, 0.2) is 84.0 Å². The first kappa shape index (κ1) is 22.9. The first-order chi connectivity index (χ1) is 16.0. The minimum atomic E-state index is -3.91. The van der Waals surface area contributed by atoms with Crippen LogP contribution in [0.3, 0.4) is 0 Å². The van der Waals surface area contributed by atoms with Crippen LogP contribution in [0.5, 0.6) is 0 Å². The fraction of sp³-hybridized carbons (Fsp3) is 0.240. The van der Waals surface area contributed by atoms with E-state index in [4.69, 9.17) is 0 Å². The van der Waals surface area contributed by atoms with Gasteiger partial charge in [-0.25, -0.2) is 8.42 Å². The largest absolute Gasteiger partial charge is 0.355 e. The van der Waals surface area contributed by atoms with Gasteiger partial charge in [0.15, 0.2) is 0 Å². The molecule has 1 aromatic heterocycles. The van der Waals surface area contributed by atoms with Gasteiger partial charge in [0.05, 0.1) is 4.90 Å². The summed E-state index contributed by atoms with van der Waals surface area (Å²) >= 11 is 0. The molecule has 33 heavy (non-hydrogen) atoms. The van der Waals surface area contributed by atoms with Gasteiger partial charge in [0, 0.05) is 30.3 Å². The van der Waals surface area contributed by atoms with Gasteiger partial charge in [-0.2, -0.15) is 4.72 Å². The second-order valence-electron chi connectivity index (χ2n) is 8.14. The van der Waals surface area contributed by atoms with Crippen molar-refractivity contribution in [2.75, 3.05) is 5.32 Å². The Labute approximate surface area is 194 Å². The van der Waals surface area contributed by atoms with Crippen LogP contribution in [0.25, 0.3) is 0 Å². The summed E-state index contributed by atoms with van der Waals surface area (Å²) in [5.74, 6) is 0.271. The molecule has 0 bridgehead atoms. The van der Waals surface area contributed by atoms with Crippen molar-refractivity contribution in [2.45, 2.75) is 36.6 Å². The lowest BCUT2D eigenvalue weighted by molar-refractivity contribution is -0.122. The van der Waals surface area contributed by atoms with E-state index in [9.17, 15) is 13.2 Å². The summed E-state index contributed by atoms with van der Waals surface area (Å²) in [7, 11) is -3.91. The first-order valence-electron chi connectivity index (χ1n) is 10.9. The highest BCUT2D eigenvalue weighted by Gasteiger charge is 2.27. The molecule has 0 unspecified atom stereocenters. The molecule has 1 aliphatic carbocycles. The lowest BCUT2D eigenvalue weighted by Crippen LogP contribution is -2.47. The number of aromatic nitrogens is 1. The Kier molecular flexibility index (Phi) is 7.36. The van der Waals surface area contributed by atoms with Crippen LogP contribution in [0.2, 0.25) is 0 Å². The molecule has 1 heterocycles. The summed E-state index contributed by atoms with van der Waals surface area (Å²) in [6.45, 7) is 1.74. The molecule has 2 aromatic carbocycles. The summed E-state index contributed by atoms with van der Waals surface area (Å²) in [6, 6.07) is 18.5. The average molecular weight is 464 g/mol. The Balaban J connectivity index is 1.45. The van der Waals surface area contributed by atoms with Gasteiger partial charge >= 0.3 is 0 Å². The number of hydrogen-bond acceptors (Lipinski definition) is 5. The zero-order valence-electron chi connectivity index (χ0n) is 18.1. The maximum absolute atomic E-state index is 13.1. The van der Waals surface area contributed by atoms with Gasteiger partial charge in [0.2, 0.25) is 15.9 Å². The molecule has 3 aromatic rings. The molecule has 7 nitrogen and oxygen atoms in total. The zero-order valence-corrected chi connectivity index (χ0v) is 19.0. The van der Waals surface area contributed by atoms with E-state index in [1.165, 1.54) is 25.0 Å². The van der Waals surface area contributed by atoms with Crippen molar-refractivity contribution in [3.8, 4) is 0 Å². The number of pyridine rings is 1. The Morgan fingerprint density at radius 2 is 1.64 bits per heavy atom. The number of sulfonamides is 1. The Morgan fingerprint density at radius 1 is 0.970 bits per heavy atom. The minimum absolute atomic E-state index is 0.0931. The topological polar surface area (TPSA) is 100 Å². The highest BCUT2D eigenvalue weighted by atomic mass is 32.2. The van der Waals surface area contributed by atoms with Crippen LogP contribution >= 0.6 is 0 Å². The summed E-state index contributed by atoms with van der Waals surface area (Å²) in [5, 5.41) is 5.97. The molecule has 1 radical (unpaired) electrons. The quantitative estimate of drug-likeness (QED) is 0.402. The predicted molar refractivity (Wildman–Crippen MR) is 128 cm³/mol. The number of nitrogens with one attached hydrogen (secondary N) is 3.